The fourth-order valence-electron chi connectivity index (χ4n) is 2.20. The van der Waals surface area contributed by atoms with Crippen LogP contribution in [0, 0.1) is 13.8 Å². The number of hydrogen-bond acceptors (Lipinski definition) is 1. The molecule has 2 N–H and O–H groups in total. The minimum absolute atomic E-state index is 0.421. The molecular formula is C18H22N2S. The summed E-state index contributed by atoms with van der Waals surface area (Å²) in [5.41, 5.74) is 4.89. The number of hydrogen-bond donors (Lipinski definition) is 2. The summed E-state index contributed by atoms with van der Waals surface area (Å²) in [5, 5.41) is 7.25. The Morgan fingerprint density at radius 1 is 1.05 bits per heavy atom. The van der Waals surface area contributed by atoms with Crippen LogP contribution >= 0.6 is 12.2 Å². The zero-order valence-electron chi connectivity index (χ0n) is 12.8. The molecular weight excluding hydrogens is 276 g/mol. The Balaban J connectivity index is 1.89. The zero-order chi connectivity index (χ0) is 15.2. The van der Waals surface area contributed by atoms with E-state index in [9.17, 15) is 0 Å². The highest BCUT2D eigenvalue weighted by molar-refractivity contribution is 7.80. The van der Waals surface area contributed by atoms with Gasteiger partial charge in [-0.05, 0) is 54.7 Å². The summed E-state index contributed by atoms with van der Waals surface area (Å²) in [4.78, 5) is 0. The van der Waals surface area contributed by atoms with E-state index >= 15 is 0 Å². The fourth-order valence-corrected chi connectivity index (χ4v) is 2.39. The van der Waals surface area contributed by atoms with Gasteiger partial charge in [-0.2, -0.15) is 0 Å². The molecule has 0 bridgehead atoms. The van der Waals surface area contributed by atoms with E-state index in [0.717, 1.165) is 12.2 Å². The molecule has 0 heterocycles. The Kier molecular flexibility index (Phi) is 5.34. The lowest BCUT2D eigenvalue weighted by atomic mass is 10.0. The van der Waals surface area contributed by atoms with E-state index in [0.29, 0.717) is 11.0 Å². The van der Waals surface area contributed by atoms with Crippen molar-refractivity contribution in [2.24, 2.45) is 0 Å². The van der Waals surface area contributed by atoms with Gasteiger partial charge in [-0.3, -0.25) is 0 Å². The highest BCUT2D eigenvalue weighted by atomic mass is 32.1. The molecule has 110 valence electrons. The second-order valence-electron chi connectivity index (χ2n) is 5.39. The number of thiocarbonyl (C=S) groups is 1. The minimum Gasteiger partial charge on any atom is -0.362 e. The van der Waals surface area contributed by atoms with Gasteiger partial charge in [-0.1, -0.05) is 49.4 Å². The van der Waals surface area contributed by atoms with Crippen molar-refractivity contribution in [1.82, 2.24) is 5.32 Å². The first-order chi connectivity index (χ1) is 10.1. The molecule has 0 amide bonds. The van der Waals surface area contributed by atoms with Crippen LogP contribution in [0.2, 0.25) is 0 Å². The molecule has 0 aromatic heterocycles. The fraction of sp³-hybridized carbons (Fsp3) is 0.278. The number of aryl methyl sites for hydroxylation is 1. The van der Waals surface area contributed by atoms with Gasteiger partial charge in [0.25, 0.3) is 0 Å². The molecule has 0 aliphatic carbocycles. The SMILES string of the molecule is Cc1cccc(NC(=S)NC[C@@H](C)c2ccccc2)c1C. The van der Waals surface area contributed by atoms with Gasteiger partial charge in [0.1, 0.15) is 0 Å². The predicted octanol–water partition coefficient (Wildman–Crippen LogP) is 4.39. The molecule has 21 heavy (non-hydrogen) atoms. The quantitative estimate of drug-likeness (QED) is 0.818. The van der Waals surface area contributed by atoms with Crippen molar-refractivity contribution < 1.29 is 0 Å². The first-order valence-corrected chi connectivity index (χ1v) is 7.64. The largest absolute Gasteiger partial charge is 0.362 e. The summed E-state index contributed by atoms with van der Waals surface area (Å²) in [6, 6.07) is 16.7. The van der Waals surface area contributed by atoms with Crippen molar-refractivity contribution in [3.63, 3.8) is 0 Å². The molecule has 2 aromatic carbocycles. The first kappa shape index (κ1) is 15.5. The van der Waals surface area contributed by atoms with Gasteiger partial charge in [0.15, 0.2) is 5.11 Å². The van der Waals surface area contributed by atoms with Crippen LogP contribution < -0.4 is 10.6 Å². The van der Waals surface area contributed by atoms with Crippen LogP contribution in [-0.4, -0.2) is 11.7 Å². The Labute approximate surface area is 132 Å². The summed E-state index contributed by atoms with van der Waals surface area (Å²) >= 11 is 5.39. The average molecular weight is 298 g/mol. The second-order valence-corrected chi connectivity index (χ2v) is 5.80. The molecule has 0 fully saturated rings. The number of nitrogens with one attached hydrogen (secondary N) is 2. The van der Waals surface area contributed by atoms with Crippen LogP contribution in [0.15, 0.2) is 48.5 Å². The number of anilines is 1. The molecule has 0 aliphatic heterocycles. The molecule has 0 radical (unpaired) electrons. The van der Waals surface area contributed by atoms with E-state index in [1.807, 2.05) is 12.1 Å². The number of benzene rings is 2. The summed E-state index contributed by atoms with van der Waals surface area (Å²) in [5.74, 6) is 0.421. The number of rotatable bonds is 4. The van der Waals surface area contributed by atoms with Crippen LogP contribution in [-0.2, 0) is 0 Å². The molecule has 0 aliphatic rings. The third-order valence-electron chi connectivity index (χ3n) is 3.79. The van der Waals surface area contributed by atoms with Gasteiger partial charge >= 0.3 is 0 Å². The van der Waals surface area contributed by atoms with E-state index in [2.05, 4.69) is 67.8 Å². The lowest BCUT2D eigenvalue weighted by Gasteiger charge is -2.17. The van der Waals surface area contributed by atoms with Crippen LogP contribution in [0.1, 0.15) is 29.5 Å². The Morgan fingerprint density at radius 3 is 2.48 bits per heavy atom. The van der Waals surface area contributed by atoms with E-state index < -0.39 is 0 Å². The topological polar surface area (TPSA) is 24.1 Å². The zero-order valence-corrected chi connectivity index (χ0v) is 13.6. The smallest absolute Gasteiger partial charge is 0.170 e. The predicted molar refractivity (Wildman–Crippen MR) is 95.0 cm³/mol. The Hall–Kier alpha value is -1.87. The van der Waals surface area contributed by atoms with E-state index in [-0.39, 0.29) is 0 Å². The van der Waals surface area contributed by atoms with Crippen molar-refractivity contribution in [3.05, 3.63) is 65.2 Å². The van der Waals surface area contributed by atoms with E-state index in [1.165, 1.54) is 16.7 Å². The van der Waals surface area contributed by atoms with Gasteiger partial charge in [0, 0.05) is 12.2 Å². The molecule has 0 saturated heterocycles. The second kappa shape index (κ2) is 7.23. The highest BCUT2D eigenvalue weighted by Gasteiger charge is 2.07. The molecule has 3 heteroatoms. The third kappa shape index (κ3) is 4.30. The van der Waals surface area contributed by atoms with Crippen LogP contribution in [0.3, 0.4) is 0 Å². The third-order valence-corrected chi connectivity index (χ3v) is 4.04. The molecule has 2 rings (SSSR count). The van der Waals surface area contributed by atoms with Crippen molar-refractivity contribution in [2.45, 2.75) is 26.7 Å². The highest BCUT2D eigenvalue weighted by Crippen LogP contribution is 2.18. The van der Waals surface area contributed by atoms with Gasteiger partial charge in [-0.15, -0.1) is 0 Å². The molecule has 0 unspecified atom stereocenters. The summed E-state index contributed by atoms with van der Waals surface area (Å²) in [6.45, 7) is 7.23. The molecule has 0 saturated carbocycles. The molecule has 1 atom stereocenters. The molecule has 0 spiro atoms. The van der Waals surface area contributed by atoms with E-state index in [4.69, 9.17) is 12.2 Å². The monoisotopic (exact) mass is 298 g/mol. The maximum Gasteiger partial charge on any atom is 0.170 e. The van der Waals surface area contributed by atoms with E-state index in [1.54, 1.807) is 0 Å². The van der Waals surface area contributed by atoms with Crippen molar-refractivity contribution >= 4 is 23.0 Å². The normalized spacial score (nSPS) is 11.8. The van der Waals surface area contributed by atoms with Crippen LogP contribution in [0.5, 0.6) is 0 Å². The Bertz CT molecular complexity index is 608. The minimum atomic E-state index is 0.421. The summed E-state index contributed by atoms with van der Waals surface area (Å²) in [7, 11) is 0. The van der Waals surface area contributed by atoms with Crippen LogP contribution in [0.25, 0.3) is 0 Å². The first-order valence-electron chi connectivity index (χ1n) is 7.24. The molecule has 2 nitrogen and oxygen atoms in total. The van der Waals surface area contributed by atoms with Crippen molar-refractivity contribution in [1.29, 1.82) is 0 Å². The maximum atomic E-state index is 5.39. The van der Waals surface area contributed by atoms with Gasteiger partial charge in [0.05, 0.1) is 0 Å². The standard InChI is InChI=1S/C18H22N2S/c1-13-8-7-11-17(15(13)3)20-18(21)19-12-14(2)16-9-5-4-6-10-16/h4-11,14H,12H2,1-3H3,(H2,19,20,21)/t14-/m1/s1. The summed E-state index contributed by atoms with van der Waals surface area (Å²) < 4.78 is 0. The van der Waals surface area contributed by atoms with Gasteiger partial charge in [0.2, 0.25) is 0 Å². The van der Waals surface area contributed by atoms with Gasteiger partial charge < -0.3 is 10.6 Å². The van der Waals surface area contributed by atoms with Crippen LogP contribution in [0.4, 0.5) is 5.69 Å². The summed E-state index contributed by atoms with van der Waals surface area (Å²) in [6.07, 6.45) is 0. The maximum absolute atomic E-state index is 5.39. The lowest BCUT2D eigenvalue weighted by Crippen LogP contribution is -2.31. The lowest BCUT2D eigenvalue weighted by molar-refractivity contribution is 0.723. The van der Waals surface area contributed by atoms with Gasteiger partial charge in [-0.25, -0.2) is 0 Å². The Morgan fingerprint density at radius 2 is 1.76 bits per heavy atom. The molecule has 2 aromatic rings. The average Bonchev–Trinajstić information content (AvgIpc) is 2.50. The van der Waals surface area contributed by atoms with Crippen molar-refractivity contribution in [3.8, 4) is 0 Å². The van der Waals surface area contributed by atoms with Crippen molar-refractivity contribution in [2.75, 3.05) is 11.9 Å².